The normalized spacial score (nSPS) is 32.8. The predicted octanol–water partition coefficient (Wildman–Crippen LogP) is 3.76. The van der Waals surface area contributed by atoms with Crippen LogP contribution in [-0.2, 0) is 4.74 Å². The molecule has 4 heteroatoms. The van der Waals surface area contributed by atoms with E-state index in [1.165, 1.54) is 34.8 Å². The Labute approximate surface area is 124 Å². The lowest BCUT2D eigenvalue weighted by atomic mass is 9.89. The number of hydrogen-bond acceptors (Lipinski definition) is 4. The highest BCUT2D eigenvalue weighted by Crippen LogP contribution is 2.39. The fourth-order valence-corrected chi connectivity index (χ4v) is 5.61. The van der Waals surface area contributed by atoms with Gasteiger partial charge in [-0.05, 0) is 55.9 Å². The Kier molecular flexibility index (Phi) is 4.22. The molecule has 2 aliphatic heterocycles. The fraction of sp³-hybridized carbons (Fsp3) is 0.733. The molecule has 0 saturated carbocycles. The van der Waals surface area contributed by atoms with Crippen LogP contribution in [0, 0.1) is 6.92 Å². The molecule has 2 nitrogen and oxygen atoms in total. The molecule has 2 saturated heterocycles. The Hall–Kier alpha value is -0.0300. The van der Waals surface area contributed by atoms with Gasteiger partial charge in [0, 0.05) is 29.3 Å². The van der Waals surface area contributed by atoms with Gasteiger partial charge in [-0.1, -0.05) is 0 Å². The Morgan fingerprint density at radius 2 is 2.42 bits per heavy atom. The third kappa shape index (κ3) is 3.02. The molecule has 1 aromatic rings. The minimum Gasteiger partial charge on any atom is -0.374 e. The number of ether oxygens (including phenoxy) is 1. The van der Waals surface area contributed by atoms with Crippen LogP contribution in [-0.4, -0.2) is 29.8 Å². The highest BCUT2D eigenvalue weighted by atomic mass is 32.2. The van der Waals surface area contributed by atoms with E-state index >= 15 is 0 Å². The van der Waals surface area contributed by atoms with Crippen molar-refractivity contribution >= 4 is 23.1 Å². The van der Waals surface area contributed by atoms with E-state index in [0.29, 0.717) is 12.1 Å². The monoisotopic (exact) mass is 297 g/mol. The van der Waals surface area contributed by atoms with E-state index in [4.69, 9.17) is 4.74 Å². The van der Waals surface area contributed by atoms with Gasteiger partial charge in [-0.3, -0.25) is 0 Å². The maximum absolute atomic E-state index is 6.09. The lowest BCUT2D eigenvalue weighted by molar-refractivity contribution is -0.0711. The molecule has 106 valence electrons. The molecular formula is C15H23NOS2. The van der Waals surface area contributed by atoms with Crippen molar-refractivity contribution in [3.63, 3.8) is 0 Å². The van der Waals surface area contributed by atoms with Crippen LogP contribution in [0.1, 0.15) is 42.7 Å². The van der Waals surface area contributed by atoms with E-state index < -0.39 is 0 Å². The van der Waals surface area contributed by atoms with Crippen molar-refractivity contribution in [1.82, 2.24) is 5.32 Å². The summed E-state index contributed by atoms with van der Waals surface area (Å²) in [6, 6.07) is 3.30. The highest BCUT2D eigenvalue weighted by Gasteiger charge is 2.40. The van der Waals surface area contributed by atoms with Crippen molar-refractivity contribution in [2.24, 2.45) is 0 Å². The zero-order chi connectivity index (χ0) is 13.3. The summed E-state index contributed by atoms with van der Waals surface area (Å²) in [4.78, 5) is 1.49. The lowest BCUT2D eigenvalue weighted by Gasteiger charge is -2.39. The van der Waals surface area contributed by atoms with Crippen LogP contribution >= 0.6 is 23.1 Å². The molecule has 1 N–H and O–H groups in total. The molecule has 3 heterocycles. The first-order chi connectivity index (χ1) is 9.19. The summed E-state index contributed by atoms with van der Waals surface area (Å²) in [6.45, 7) is 5.43. The van der Waals surface area contributed by atoms with Crippen LogP contribution < -0.4 is 5.32 Å². The topological polar surface area (TPSA) is 21.3 Å². The second kappa shape index (κ2) is 5.76. The number of hydrogen-bond donors (Lipinski definition) is 1. The average Bonchev–Trinajstić information content (AvgIpc) is 2.99. The van der Waals surface area contributed by atoms with Crippen LogP contribution in [0.25, 0.3) is 0 Å². The number of thioether (sulfide) groups is 1. The summed E-state index contributed by atoms with van der Waals surface area (Å²) >= 11 is 3.92. The van der Waals surface area contributed by atoms with Crippen molar-refractivity contribution < 1.29 is 4.74 Å². The summed E-state index contributed by atoms with van der Waals surface area (Å²) in [7, 11) is 0. The summed E-state index contributed by atoms with van der Waals surface area (Å²) in [5, 5.41) is 6.03. The fourth-order valence-electron chi connectivity index (χ4n) is 3.29. The van der Waals surface area contributed by atoms with E-state index in [0.717, 1.165) is 13.0 Å². The molecule has 0 bridgehead atoms. The molecule has 0 radical (unpaired) electrons. The molecule has 2 fully saturated rings. The van der Waals surface area contributed by atoms with Gasteiger partial charge >= 0.3 is 0 Å². The van der Waals surface area contributed by atoms with E-state index in [1.807, 2.05) is 23.1 Å². The predicted molar refractivity (Wildman–Crippen MR) is 84.3 cm³/mol. The highest BCUT2D eigenvalue weighted by molar-refractivity contribution is 7.99. The van der Waals surface area contributed by atoms with Crippen molar-refractivity contribution in [2.45, 2.75) is 50.8 Å². The molecular weight excluding hydrogens is 274 g/mol. The van der Waals surface area contributed by atoms with Crippen LogP contribution in [0.2, 0.25) is 0 Å². The third-order valence-electron chi connectivity index (χ3n) is 4.34. The van der Waals surface area contributed by atoms with Gasteiger partial charge in [-0.25, -0.2) is 0 Å². The maximum Gasteiger partial charge on any atom is 0.0795 e. The van der Waals surface area contributed by atoms with Crippen LogP contribution in [0.4, 0.5) is 0 Å². The molecule has 0 amide bonds. The van der Waals surface area contributed by atoms with E-state index in [9.17, 15) is 0 Å². The van der Waals surface area contributed by atoms with Crippen LogP contribution in [0.15, 0.2) is 11.4 Å². The SMILES string of the molecule is Cc1ccsc1[C@H](C)N[C@@H]1CCO[C@]2(CCSC2)C1. The quantitative estimate of drug-likeness (QED) is 0.918. The van der Waals surface area contributed by atoms with Gasteiger partial charge in [0.2, 0.25) is 0 Å². The first-order valence-corrected chi connectivity index (χ1v) is 9.24. The van der Waals surface area contributed by atoms with Crippen LogP contribution in [0.5, 0.6) is 0 Å². The molecule has 2 aliphatic rings. The number of rotatable bonds is 3. The van der Waals surface area contributed by atoms with Gasteiger partial charge < -0.3 is 10.1 Å². The zero-order valence-electron chi connectivity index (χ0n) is 11.8. The van der Waals surface area contributed by atoms with Gasteiger partial charge in [0.25, 0.3) is 0 Å². The summed E-state index contributed by atoms with van der Waals surface area (Å²) in [5.74, 6) is 2.46. The van der Waals surface area contributed by atoms with Gasteiger partial charge in [-0.15, -0.1) is 11.3 Å². The van der Waals surface area contributed by atoms with E-state index in [-0.39, 0.29) is 5.60 Å². The smallest absolute Gasteiger partial charge is 0.0795 e. The second-order valence-electron chi connectivity index (χ2n) is 5.88. The molecule has 0 aromatic carbocycles. The maximum atomic E-state index is 6.09. The van der Waals surface area contributed by atoms with Gasteiger partial charge in [0.15, 0.2) is 0 Å². The Morgan fingerprint density at radius 1 is 1.53 bits per heavy atom. The van der Waals surface area contributed by atoms with Crippen molar-refractivity contribution in [3.8, 4) is 0 Å². The number of thiophene rings is 1. The zero-order valence-corrected chi connectivity index (χ0v) is 13.4. The van der Waals surface area contributed by atoms with E-state index in [2.05, 4.69) is 30.6 Å². The second-order valence-corrected chi connectivity index (χ2v) is 7.93. The Morgan fingerprint density at radius 3 is 3.11 bits per heavy atom. The van der Waals surface area contributed by atoms with Gasteiger partial charge in [-0.2, -0.15) is 11.8 Å². The van der Waals surface area contributed by atoms with Crippen LogP contribution in [0.3, 0.4) is 0 Å². The number of nitrogens with one attached hydrogen (secondary N) is 1. The Bertz CT molecular complexity index is 426. The molecule has 0 aliphatic carbocycles. The molecule has 3 atom stereocenters. The van der Waals surface area contributed by atoms with Crippen molar-refractivity contribution in [2.75, 3.05) is 18.1 Å². The average molecular weight is 297 g/mol. The third-order valence-corrected chi connectivity index (χ3v) is 6.77. The minimum atomic E-state index is 0.185. The molecule has 1 aromatic heterocycles. The first-order valence-electron chi connectivity index (χ1n) is 7.20. The number of aryl methyl sites for hydroxylation is 1. The summed E-state index contributed by atoms with van der Waals surface area (Å²) < 4.78 is 6.09. The molecule has 3 rings (SSSR count). The molecule has 0 unspecified atom stereocenters. The standard InChI is InChI=1S/C15H23NOS2/c1-11-4-7-19-14(11)12(2)16-13-3-6-17-15(9-13)5-8-18-10-15/h4,7,12-13,16H,3,5-6,8-10H2,1-2H3/t12-,13+,15+/m0/s1. The Balaban J connectivity index is 1.62. The summed E-state index contributed by atoms with van der Waals surface area (Å²) in [6.07, 6.45) is 3.58. The van der Waals surface area contributed by atoms with E-state index in [1.54, 1.807) is 0 Å². The molecule has 1 spiro atoms. The first kappa shape index (κ1) is 13.9. The minimum absolute atomic E-state index is 0.185. The largest absolute Gasteiger partial charge is 0.374 e. The lowest BCUT2D eigenvalue weighted by Crippen LogP contribution is -2.47. The van der Waals surface area contributed by atoms with Crippen molar-refractivity contribution in [1.29, 1.82) is 0 Å². The van der Waals surface area contributed by atoms with Gasteiger partial charge in [0.05, 0.1) is 5.60 Å². The summed E-state index contributed by atoms with van der Waals surface area (Å²) in [5.41, 5.74) is 1.60. The molecule has 19 heavy (non-hydrogen) atoms. The van der Waals surface area contributed by atoms with Gasteiger partial charge in [0.1, 0.15) is 0 Å². The van der Waals surface area contributed by atoms with Crippen molar-refractivity contribution in [3.05, 3.63) is 21.9 Å².